The number of carbonyl (C=O) groups is 1. The molecule has 2 atom stereocenters. The minimum atomic E-state index is -1.77. The average Bonchev–Trinajstić information content (AvgIpc) is 2.30. The number of allylic oxidation sites excluding steroid dienone is 1. The summed E-state index contributed by atoms with van der Waals surface area (Å²) in [4.78, 5) is 11.4. The summed E-state index contributed by atoms with van der Waals surface area (Å²) in [7, 11) is -1.77. The third-order valence-corrected chi connectivity index (χ3v) is 10.4. The van der Waals surface area contributed by atoms with Crippen molar-refractivity contribution < 1.29 is 9.22 Å². The Bertz CT molecular complexity index is 441. The molecule has 0 heterocycles. The van der Waals surface area contributed by atoms with Crippen LogP contribution >= 0.6 is 0 Å². The van der Waals surface area contributed by atoms with Crippen molar-refractivity contribution in [3.8, 4) is 0 Å². The van der Waals surface area contributed by atoms with Crippen LogP contribution in [0.5, 0.6) is 0 Å². The second-order valence-electron chi connectivity index (χ2n) is 9.17. The average molecular weight is 325 g/mol. The maximum Gasteiger partial charge on any atom is 0.192 e. The van der Waals surface area contributed by atoms with Gasteiger partial charge in [-0.3, -0.25) is 0 Å². The summed E-state index contributed by atoms with van der Waals surface area (Å²) in [5.41, 5.74) is 1.52. The molecule has 22 heavy (non-hydrogen) atoms. The van der Waals surface area contributed by atoms with E-state index in [1.165, 1.54) is 5.57 Å². The van der Waals surface area contributed by atoms with Gasteiger partial charge >= 0.3 is 0 Å². The first-order valence-corrected chi connectivity index (χ1v) is 11.5. The molecule has 0 fully saturated rings. The predicted octanol–water partition coefficient (Wildman–Crippen LogP) is 5.74. The summed E-state index contributed by atoms with van der Waals surface area (Å²) in [6.07, 6.45) is 5.22. The molecule has 0 amide bonds. The van der Waals surface area contributed by atoms with Gasteiger partial charge in [0, 0.05) is 6.42 Å². The molecule has 2 nitrogen and oxygen atoms in total. The first kappa shape index (κ1) is 19.6. The van der Waals surface area contributed by atoms with Crippen molar-refractivity contribution in [2.24, 2.45) is 11.3 Å². The molecule has 0 radical (unpaired) electrons. The van der Waals surface area contributed by atoms with Gasteiger partial charge < -0.3 is 9.22 Å². The van der Waals surface area contributed by atoms with Crippen molar-refractivity contribution in [2.75, 3.05) is 0 Å². The Kier molecular flexibility index (Phi) is 5.89. The van der Waals surface area contributed by atoms with Crippen molar-refractivity contribution >= 4 is 14.1 Å². The summed E-state index contributed by atoms with van der Waals surface area (Å²) in [5.74, 6) is 0.732. The lowest BCUT2D eigenvalue weighted by molar-refractivity contribution is -0.117. The molecule has 0 aromatic rings. The number of hydrogen-bond donors (Lipinski definition) is 0. The Balaban J connectivity index is 2.97. The topological polar surface area (TPSA) is 26.3 Å². The molecular formula is C19H36O2Si. The van der Waals surface area contributed by atoms with E-state index in [-0.39, 0.29) is 22.3 Å². The summed E-state index contributed by atoms with van der Waals surface area (Å²) in [6, 6.07) is 0. The molecule has 128 valence electrons. The highest BCUT2D eigenvalue weighted by Crippen LogP contribution is 2.48. The van der Waals surface area contributed by atoms with Crippen LogP contribution in [0.1, 0.15) is 67.7 Å². The molecule has 0 unspecified atom stereocenters. The van der Waals surface area contributed by atoms with Gasteiger partial charge in [-0.1, -0.05) is 46.3 Å². The fourth-order valence-electron chi connectivity index (χ4n) is 3.23. The van der Waals surface area contributed by atoms with Crippen LogP contribution in [0.15, 0.2) is 11.6 Å². The number of hydrogen-bond acceptors (Lipinski definition) is 2. The fraction of sp³-hybridized carbons (Fsp3) is 0.842. The number of ketones is 1. The van der Waals surface area contributed by atoms with Crippen molar-refractivity contribution in [2.45, 2.75) is 92.0 Å². The van der Waals surface area contributed by atoms with E-state index in [9.17, 15) is 4.79 Å². The summed E-state index contributed by atoms with van der Waals surface area (Å²) < 4.78 is 6.75. The lowest BCUT2D eigenvalue weighted by atomic mass is 9.65. The number of Topliss-reactive ketones (excluding diaryl/α,β-unsaturated/α-hetero) is 1. The summed E-state index contributed by atoms with van der Waals surface area (Å²) >= 11 is 0. The highest BCUT2D eigenvalue weighted by atomic mass is 28.4. The van der Waals surface area contributed by atoms with Crippen LogP contribution in [0.4, 0.5) is 0 Å². The van der Waals surface area contributed by atoms with Gasteiger partial charge in [-0.05, 0) is 56.2 Å². The van der Waals surface area contributed by atoms with E-state index >= 15 is 0 Å². The van der Waals surface area contributed by atoms with Gasteiger partial charge in [0.05, 0.1) is 6.10 Å². The minimum absolute atomic E-state index is 0.0871. The molecule has 0 aliphatic heterocycles. The van der Waals surface area contributed by atoms with E-state index in [4.69, 9.17) is 4.43 Å². The lowest BCUT2D eigenvalue weighted by Gasteiger charge is -2.49. The van der Waals surface area contributed by atoms with E-state index in [1.54, 1.807) is 6.92 Å². The largest absolute Gasteiger partial charge is 0.413 e. The van der Waals surface area contributed by atoms with E-state index in [0.29, 0.717) is 12.3 Å². The van der Waals surface area contributed by atoms with Crippen molar-refractivity contribution in [1.29, 1.82) is 0 Å². The Morgan fingerprint density at radius 3 is 2.36 bits per heavy atom. The highest BCUT2D eigenvalue weighted by Gasteiger charge is 2.46. The van der Waals surface area contributed by atoms with Crippen LogP contribution in [0, 0.1) is 11.3 Å². The third-order valence-electron chi connectivity index (χ3n) is 5.96. The maximum absolute atomic E-state index is 11.4. The molecular weight excluding hydrogens is 288 g/mol. The molecule has 3 heteroatoms. The first-order chi connectivity index (χ1) is 9.79. The molecule has 0 bridgehead atoms. The Morgan fingerprint density at radius 2 is 1.91 bits per heavy atom. The maximum atomic E-state index is 11.4. The van der Waals surface area contributed by atoms with Gasteiger partial charge in [0.1, 0.15) is 5.78 Å². The molecule has 0 saturated carbocycles. The van der Waals surface area contributed by atoms with Gasteiger partial charge in [-0.25, -0.2) is 0 Å². The van der Waals surface area contributed by atoms with E-state index in [0.717, 1.165) is 12.8 Å². The number of rotatable bonds is 5. The van der Waals surface area contributed by atoms with Gasteiger partial charge in [0.2, 0.25) is 0 Å². The van der Waals surface area contributed by atoms with Crippen LogP contribution in [-0.2, 0) is 9.22 Å². The zero-order valence-electron chi connectivity index (χ0n) is 16.2. The normalized spacial score (nSPS) is 25.8. The van der Waals surface area contributed by atoms with Crippen molar-refractivity contribution in [1.82, 2.24) is 0 Å². The highest BCUT2D eigenvalue weighted by molar-refractivity contribution is 6.74. The van der Waals surface area contributed by atoms with Crippen LogP contribution in [-0.4, -0.2) is 20.2 Å². The Morgan fingerprint density at radius 1 is 1.36 bits per heavy atom. The first-order valence-electron chi connectivity index (χ1n) is 8.63. The molecule has 1 rings (SSSR count). The lowest BCUT2D eigenvalue weighted by Crippen LogP contribution is -2.51. The van der Waals surface area contributed by atoms with Crippen molar-refractivity contribution in [3.05, 3.63) is 11.6 Å². The molecule has 0 N–H and O–H groups in total. The minimum Gasteiger partial charge on any atom is -0.413 e. The van der Waals surface area contributed by atoms with E-state index in [2.05, 4.69) is 60.7 Å². The van der Waals surface area contributed by atoms with E-state index in [1.807, 2.05) is 0 Å². The van der Waals surface area contributed by atoms with Crippen LogP contribution in [0.2, 0.25) is 18.1 Å². The van der Waals surface area contributed by atoms with Gasteiger partial charge in [-0.2, -0.15) is 0 Å². The molecule has 1 aliphatic carbocycles. The number of carbonyl (C=O) groups excluding carboxylic acids is 1. The quantitative estimate of drug-likeness (QED) is 0.476. The van der Waals surface area contributed by atoms with Crippen LogP contribution < -0.4 is 0 Å². The Hall–Kier alpha value is -0.413. The molecule has 0 saturated heterocycles. The summed E-state index contributed by atoms with van der Waals surface area (Å²) in [5, 5.41) is 0.230. The predicted molar refractivity (Wildman–Crippen MR) is 97.6 cm³/mol. The third kappa shape index (κ3) is 4.32. The van der Waals surface area contributed by atoms with Crippen molar-refractivity contribution in [3.63, 3.8) is 0 Å². The standard InChI is InChI=1S/C19H36O2Si/c1-14-10-13-17(21-22(8,9)18(3,4)5)19(6,7)16(14)12-11-15(2)20/h10,16-17H,11-13H2,1-9H3/t16-,17+/m1/s1. The van der Waals surface area contributed by atoms with Gasteiger partial charge in [0.25, 0.3) is 0 Å². The molecule has 1 aliphatic rings. The van der Waals surface area contributed by atoms with E-state index < -0.39 is 8.32 Å². The SMILES string of the molecule is CC(=O)CC[C@@H]1C(C)=CC[C@H](O[Si](C)(C)C(C)(C)C)C1(C)C. The summed E-state index contributed by atoms with van der Waals surface area (Å²) in [6.45, 7) is 20.1. The molecule has 0 aromatic carbocycles. The zero-order chi connectivity index (χ0) is 17.3. The Labute approximate surface area is 138 Å². The molecule has 0 aromatic heterocycles. The second-order valence-corrected chi connectivity index (χ2v) is 13.9. The smallest absolute Gasteiger partial charge is 0.192 e. The van der Waals surface area contributed by atoms with Gasteiger partial charge in [-0.15, -0.1) is 0 Å². The molecule has 0 spiro atoms. The van der Waals surface area contributed by atoms with Crippen LogP contribution in [0.25, 0.3) is 0 Å². The second kappa shape index (κ2) is 6.60. The van der Waals surface area contributed by atoms with Gasteiger partial charge in [0.15, 0.2) is 8.32 Å². The fourth-order valence-corrected chi connectivity index (χ4v) is 4.69. The van der Waals surface area contributed by atoms with Crippen LogP contribution in [0.3, 0.4) is 0 Å². The monoisotopic (exact) mass is 324 g/mol. The zero-order valence-corrected chi connectivity index (χ0v) is 17.2.